The van der Waals surface area contributed by atoms with Crippen LogP contribution in [0.25, 0.3) is 21.9 Å². The minimum absolute atomic E-state index is 0.136. The largest absolute Gasteiger partial charge is 0.497 e. The second kappa shape index (κ2) is 9.71. The number of fused-ring (bicyclic) bond motifs is 1. The first-order valence-electron chi connectivity index (χ1n) is 10.7. The quantitative estimate of drug-likeness (QED) is 0.465. The Kier molecular flexibility index (Phi) is 6.56. The molecule has 168 valence electrons. The molecule has 0 fully saturated rings. The maximum absolute atomic E-state index is 13.2. The number of benzene rings is 3. The van der Waals surface area contributed by atoms with Crippen LogP contribution in [0.5, 0.6) is 5.75 Å². The van der Waals surface area contributed by atoms with E-state index in [1.807, 2.05) is 66.7 Å². The van der Waals surface area contributed by atoms with Crippen molar-refractivity contribution in [3.63, 3.8) is 0 Å². The number of carbonyl (C=O) groups is 1. The Balaban J connectivity index is 1.80. The molecule has 0 bridgehead atoms. The van der Waals surface area contributed by atoms with E-state index in [2.05, 4.69) is 5.32 Å². The molecule has 6 nitrogen and oxygen atoms in total. The van der Waals surface area contributed by atoms with Gasteiger partial charge in [0.05, 0.1) is 13.7 Å². The lowest BCUT2D eigenvalue weighted by molar-refractivity contribution is -0.131. The zero-order valence-corrected chi connectivity index (χ0v) is 18.9. The van der Waals surface area contributed by atoms with Gasteiger partial charge in [-0.25, -0.2) is 0 Å². The summed E-state index contributed by atoms with van der Waals surface area (Å²) >= 11 is 0. The summed E-state index contributed by atoms with van der Waals surface area (Å²) in [5.74, 6) is 0.382. The first-order valence-corrected chi connectivity index (χ1v) is 10.7. The predicted octanol–water partition coefficient (Wildman–Crippen LogP) is 4.22. The molecule has 33 heavy (non-hydrogen) atoms. The highest BCUT2D eigenvalue weighted by Gasteiger charge is 2.22. The van der Waals surface area contributed by atoms with Gasteiger partial charge in [-0.15, -0.1) is 0 Å². The molecule has 1 N–H and O–H groups in total. The summed E-state index contributed by atoms with van der Waals surface area (Å²) in [6.45, 7) is 0.161. The molecule has 4 aromatic rings. The predicted molar refractivity (Wildman–Crippen MR) is 129 cm³/mol. The fourth-order valence-electron chi connectivity index (χ4n) is 4.09. The molecule has 4 rings (SSSR count). The molecule has 0 unspecified atom stereocenters. The number of nitrogens with zero attached hydrogens (tertiary/aromatic N) is 1. The van der Waals surface area contributed by atoms with Crippen LogP contribution in [0.4, 0.5) is 0 Å². The van der Waals surface area contributed by atoms with Crippen molar-refractivity contribution in [1.82, 2.24) is 9.88 Å². The van der Waals surface area contributed by atoms with E-state index in [-0.39, 0.29) is 18.0 Å². The van der Waals surface area contributed by atoms with Crippen LogP contribution in [0.15, 0.2) is 83.7 Å². The third-order valence-electron chi connectivity index (χ3n) is 5.79. The van der Waals surface area contributed by atoms with E-state index < -0.39 is 6.10 Å². The van der Waals surface area contributed by atoms with E-state index in [1.54, 1.807) is 30.9 Å². The van der Waals surface area contributed by atoms with Gasteiger partial charge in [-0.2, -0.15) is 0 Å². The van der Waals surface area contributed by atoms with Gasteiger partial charge < -0.3 is 19.4 Å². The van der Waals surface area contributed by atoms with Gasteiger partial charge >= 0.3 is 0 Å². The van der Waals surface area contributed by atoms with Crippen LogP contribution in [0, 0.1) is 0 Å². The Hall–Kier alpha value is -3.90. The number of methoxy groups -OCH3 is 2. The van der Waals surface area contributed by atoms with Crippen molar-refractivity contribution in [2.75, 3.05) is 14.2 Å². The van der Waals surface area contributed by atoms with E-state index in [0.717, 1.165) is 22.1 Å². The van der Waals surface area contributed by atoms with Crippen molar-refractivity contribution in [3.8, 4) is 16.9 Å². The van der Waals surface area contributed by atoms with Gasteiger partial charge in [0.15, 0.2) is 6.10 Å². The van der Waals surface area contributed by atoms with Gasteiger partial charge in [-0.1, -0.05) is 60.7 Å². The SMILES string of the molecule is COc1ccc2c(=O)n(C)c(CNC(=O)[C@H](OC)c3ccccc3)c(-c3ccccc3)c2c1. The maximum Gasteiger partial charge on any atom is 0.258 e. The van der Waals surface area contributed by atoms with Crippen LogP contribution in [-0.4, -0.2) is 24.7 Å². The first-order chi connectivity index (χ1) is 16.0. The van der Waals surface area contributed by atoms with Crippen molar-refractivity contribution < 1.29 is 14.3 Å². The molecular formula is C27H26N2O4. The second-order valence-electron chi connectivity index (χ2n) is 7.71. The number of pyridine rings is 1. The molecule has 1 heterocycles. The van der Waals surface area contributed by atoms with Crippen molar-refractivity contribution in [2.24, 2.45) is 7.05 Å². The fraction of sp³-hybridized carbons (Fsp3) is 0.185. The zero-order valence-electron chi connectivity index (χ0n) is 18.9. The molecule has 0 aliphatic heterocycles. The van der Waals surface area contributed by atoms with Crippen LogP contribution < -0.4 is 15.6 Å². The van der Waals surface area contributed by atoms with Crippen molar-refractivity contribution >= 4 is 16.7 Å². The highest BCUT2D eigenvalue weighted by atomic mass is 16.5. The van der Waals surface area contributed by atoms with Gasteiger partial charge in [0.1, 0.15) is 5.75 Å². The Morgan fingerprint density at radius 1 is 0.939 bits per heavy atom. The van der Waals surface area contributed by atoms with Gasteiger partial charge in [0.2, 0.25) is 0 Å². The Morgan fingerprint density at radius 2 is 1.61 bits per heavy atom. The molecule has 1 aromatic heterocycles. The summed E-state index contributed by atoms with van der Waals surface area (Å²) in [6, 6.07) is 24.6. The van der Waals surface area contributed by atoms with Crippen molar-refractivity contribution in [3.05, 3.63) is 100 Å². The molecule has 1 atom stereocenters. The van der Waals surface area contributed by atoms with Crippen molar-refractivity contribution in [1.29, 1.82) is 0 Å². The number of ether oxygens (including phenoxy) is 2. The average Bonchev–Trinajstić information content (AvgIpc) is 2.86. The third-order valence-corrected chi connectivity index (χ3v) is 5.79. The summed E-state index contributed by atoms with van der Waals surface area (Å²) in [7, 11) is 4.83. The number of carbonyl (C=O) groups excluding carboxylic acids is 1. The number of aromatic nitrogens is 1. The Labute approximate surface area is 192 Å². The monoisotopic (exact) mass is 442 g/mol. The molecule has 3 aromatic carbocycles. The minimum Gasteiger partial charge on any atom is -0.497 e. The minimum atomic E-state index is -0.746. The molecule has 1 amide bonds. The van der Waals surface area contributed by atoms with E-state index >= 15 is 0 Å². The van der Waals surface area contributed by atoms with E-state index in [1.165, 1.54) is 7.11 Å². The van der Waals surface area contributed by atoms with E-state index in [4.69, 9.17) is 9.47 Å². The van der Waals surface area contributed by atoms with Gasteiger partial charge in [-0.05, 0) is 29.3 Å². The summed E-state index contributed by atoms with van der Waals surface area (Å²) in [5, 5.41) is 4.33. The van der Waals surface area contributed by atoms with Gasteiger partial charge in [0, 0.05) is 36.2 Å². The summed E-state index contributed by atoms with van der Waals surface area (Å²) < 4.78 is 12.5. The molecule has 0 aliphatic rings. The third kappa shape index (κ3) is 4.38. The van der Waals surface area contributed by atoms with Gasteiger partial charge in [-0.3, -0.25) is 9.59 Å². The standard InChI is InChI=1S/C27H26N2O4/c1-29-23(17-28-26(30)25(33-3)19-12-8-5-9-13-19)24(18-10-6-4-7-11-18)22-16-20(32-2)14-15-21(22)27(29)31/h4-16,25H,17H2,1-3H3,(H,28,30)/t25-/m1/s1. The van der Waals surface area contributed by atoms with E-state index in [9.17, 15) is 9.59 Å². The maximum atomic E-state index is 13.2. The summed E-state index contributed by atoms with van der Waals surface area (Å²) in [5.41, 5.74) is 3.15. The molecule has 0 aliphatic carbocycles. The smallest absolute Gasteiger partial charge is 0.258 e. The molecule has 0 radical (unpaired) electrons. The first kappa shape index (κ1) is 22.3. The highest BCUT2D eigenvalue weighted by Crippen LogP contribution is 2.32. The Bertz CT molecular complexity index is 1330. The molecule has 0 saturated carbocycles. The van der Waals surface area contributed by atoms with Gasteiger partial charge in [0.25, 0.3) is 11.5 Å². The van der Waals surface area contributed by atoms with Crippen LogP contribution >= 0.6 is 0 Å². The molecule has 0 spiro atoms. The number of nitrogens with one attached hydrogen (secondary N) is 1. The number of rotatable bonds is 7. The summed E-state index contributed by atoms with van der Waals surface area (Å²) in [4.78, 5) is 26.2. The molecule has 6 heteroatoms. The molecular weight excluding hydrogens is 416 g/mol. The lowest BCUT2D eigenvalue weighted by Gasteiger charge is -2.20. The van der Waals surface area contributed by atoms with E-state index in [0.29, 0.717) is 16.8 Å². The number of hydrogen-bond acceptors (Lipinski definition) is 4. The lowest BCUT2D eigenvalue weighted by Crippen LogP contribution is -2.33. The van der Waals surface area contributed by atoms with Crippen molar-refractivity contribution in [2.45, 2.75) is 12.6 Å². The lowest BCUT2D eigenvalue weighted by atomic mass is 9.96. The van der Waals surface area contributed by atoms with Crippen LogP contribution in [0.3, 0.4) is 0 Å². The topological polar surface area (TPSA) is 69.6 Å². The Morgan fingerprint density at radius 3 is 2.24 bits per heavy atom. The van der Waals surface area contributed by atoms with Crippen LogP contribution in [-0.2, 0) is 23.1 Å². The van der Waals surface area contributed by atoms with Crippen LogP contribution in [0.1, 0.15) is 17.4 Å². The highest BCUT2D eigenvalue weighted by molar-refractivity contribution is 5.98. The zero-order chi connectivity index (χ0) is 23.4. The normalized spacial score (nSPS) is 11.8. The second-order valence-corrected chi connectivity index (χ2v) is 7.71. The van der Waals surface area contributed by atoms with Crippen LogP contribution in [0.2, 0.25) is 0 Å². The fourth-order valence-corrected chi connectivity index (χ4v) is 4.09. The number of amides is 1. The number of hydrogen-bond donors (Lipinski definition) is 1. The summed E-state index contributed by atoms with van der Waals surface area (Å²) in [6.07, 6.45) is -0.746. The average molecular weight is 443 g/mol. The molecule has 0 saturated heterocycles.